The van der Waals surface area contributed by atoms with Gasteiger partial charge in [-0.2, -0.15) is 35.8 Å². The van der Waals surface area contributed by atoms with Crippen molar-refractivity contribution in [2.24, 2.45) is 0 Å². The molecule has 4 aromatic heterocycles. The number of benzene rings is 2. The number of nitrogens with zero attached hydrogens (tertiary/aromatic N) is 8. The van der Waals surface area contributed by atoms with Crippen molar-refractivity contribution in [2.75, 3.05) is 23.7 Å². The zero-order valence-electron chi connectivity index (χ0n) is 23.7. The van der Waals surface area contributed by atoms with Crippen molar-refractivity contribution in [3.05, 3.63) is 83.7 Å². The number of halogens is 6. The first kappa shape index (κ1) is 33.6. The minimum Gasteiger partial charge on any atom is -0.467 e. The van der Waals surface area contributed by atoms with Crippen LogP contribution < -0.4 is 18.9 Å². The Balaban J connectivity index is 0.000000188. The summed E-state index contributed by atoms with van der Waals surface area (Å²) in [6, 6.07) is 5.15. The van der Waals surface area contributed by atoms with E-state index >= 15 is 0 Å². The van der Waals surface area contributed by atoms with E-state index in [9.17, 15) is 43.2 Å². The fraction of sp³-hybridized carbons (Fsp3) is 0.0833. The Morgan fingerprint density at radius 2 is 0.917 bits per heavy atom. The van der Waals surface area contributed by atoms with E-state index in [1.165, 1.54) is 14.2 Å². The van der Waals surface area contributed by atoms with Crippen molar-refractivity contribution in [3.8, 4) is 12.0 Å². The maximum atomic E-state index is 13.7. The molecule has 0 aliphatic carbocycles. The molecule has 0 saturated heterocycles. The molecule has 6 aromatic rings. The Hall–Kier alpha value is -5.78. The fourth-order valence-electron chi connectivity index (χ4n) is 3.67. The number of sulfonamides is 2. The highest BCUT2D eigenvalue weighted by Crippen LogP contribution is 2.24. The molecule has 0 radical (unpaired) electrons. The molecule has 0 fully saturated rings. The van der Waals surface area contributed by atoms with Crippen LogP contribution in [0.15, 0.2) is 59.1 Å². The first-order valence-electron chi connectivity index (χ1n) is 12.5. The topological polar surface area (TPSA) is 197 Å². The Morgan fingerprint density at radius 3 is 1.23 bits per heavy atom. The van der Waals surface area contributed by atoms with Crippen molar-refractivity contribution < 1.29 is 52.7 Å². The van der Waals surface area contributed by atoms with Gasteiger partial charge >= 0.3 is 12.0 Å². The van der Waals surface area contributed by atoms with Crippen molar-refractivity contribution >= 4 is 42.7 Å². The maximum Gasteiger partial charge on any atom is 0.319 e. The zero-order valence-corrected chi connectivity index (χ0v) is 25.4. The monoisotopic (exact) mass is 718 g/mol. The molecule has 2 N–H and O–H groups in total. The van der Waals surface area contributed by atoms with Crippen molar-refractivity contribution in [2.45, 2.75) is 10.3 Å². The van der Waals surface area contributed by atoms with Crippen LogP contribution in [0.25, 0.3) is 11.3 Å². The molecule has 0 spiro atoms. The van der Waals surface area contributed by atoms with Crippen LogP contribution in [0.4, 0.5) is 37.7 Å². The van der Waals surface area contributed by atoms with Crippen LogP contribution in [0, 0.1) is 34.9 Å². The highest BCUT2D eigenvalue weighted by molar-refractivity contribution is 7.92. The molecule has 0 bridgehead atoms. The summed E-state index contributed by atoms with van der Waals surface area (Å²) in [5.74, 6) is -6.44. The highest BCUT2D eigenvalue weighted by atomic mass is 32.2. The average molecular weight is 719 g/mol. The molecule has 16 nitrogen and oxygen atoms in total. The van der Waals surface area contributed by atoms with Gasteiger partial charge < -0.3 is 9.47 Å². The van der Waals surface area contributed by atoms with Gasteiger partial charge in [0.1, 0.15) is 34.6 Å². The third-order valence-corrected chi connectivity index (χ3v) is 8.04. The van der Waals surface area contributed by atoms with E-state index in [4.69, 9.17) is 9.47 Å². The zero-order chi connectivity index (χ0) is 35.0. The summed E-state index contributed by atoms with van der Waals surface area (Å²) in [5.41, 5.74) is -2.75. The molecular weight excluding hydrogens is 702 g/mol. The van der Waals surface area contributed by atoms with E-state index in [1.807, 2.05) is 0 Å². The Morgan fingerprint density at radius 1 is 0.583 bits per heavy atom. The number of aromatic nitrogens is 8. The average Bonchev–Trinajstić information content (AvgIpc) is 3.70. The Kier molecular flexibility index (Phi) is 8.94. The fourth-order valence-corrected chi connectivity index (χ4v) is 5.57. The smallest absolute Gasteiger partial charge is 0.319 e. The molecule has 0 amide bonds. The number of fused-ring (bicyclic) bond motifs is 2. The van der Waals surface area contributed by atoms with Gasteiger partial charge in [-0.05, 0) is 24.3 Å². The number of hydrogen-bond donors (Lipinski definition) is 2. The van der Waals surface area contributed by atoms with Crippen LogP contribution in [0.5, 0.6) is 12.0 Å². The van der Waals surface area contributed by atoms with Crippen LogP contribution in [0.2, 0.25) is 0 Å². The molecule has 0 aliphatic rings. The van der Waals surface area contributed by atoms with Crippen LogP contribution in [0.1, 0.15) is 0 Å². The lowest BCUT2D eigenvalue weighted by atomic mass is 10.3. The van der Waals surface area contributed by atoms with Gasteiger partial charge in [-0.3, -0.25) is 9.44 Å². The second kappa shape index (κ2) is 12.8. The van der Waals surface area contributed by atoms with Crippen LogP contribution in [0.3, 0.4) is 0 Å². The number of methoxy groups -OCH3 is 2. The van der Waals surface area contributed by atoms with Crippen LogP contribution in [-0.2, 0) is 20.0 Å². The Labute approximate surface area is 264 Å². The highest BCUT2D eigenvalue weighted by Gasteiger charge is 2.27. The normalized spacial score (nSPS) is 11.7. The van der Waals surface area contributed by atoms with Crippen molar-refractivity contribution in [1.82, 2.24) is 39.2 Å². The van der Waals surface area contributed by atoms with Crippen molar-refractivity contribution in [1.29, 1.82) is 0 Å². The molecular formula is C24H16F6N10O6S2. The largest absolute Gasteiger partial charge is 0.467 e. The molecule has 2 aromatic carbocycles. The summed E-state index contributed by atoms with van der Waals surface area (Å²) in [5, 5.41) is 5.29. The Bertz CT molecular complexity index is 2200. The van der Waals surface area contributed by atoms with Gasteiger partial charge in [-0.1, -0.05) is 12.1 Å². The van der Waals surface area contributed by atoms with Crippen molar-refractivity contribution in [3.63, 3.8) is 0 Å². The summed E-state index contributed by atoms with van der Waals surface area (Å²) in [7, 11) is -6.75. The first-order valence-corrected chi connectivity index (χ1v) is 15.5. The molecule has 24 heteroatoms. The van der Waals surface area contributed by atoms with Crippen LogP contribution >= 0.6 is 0 Å². The summed E-state index contributed by atoms with van der Waals surface area (Å²) in [6.07, 6.45) is 1.53. The lowest BCUT2D eigenvalue weighted by Crippen LogP contribution is -2.17. The number of ether oxygens (including phenoxy) is 2. The molecule has 252 valence electrons. The molecule has 0 saturated carbocycles. The predicted octanol–water partition coefficient (Wildman–Crippen LogP) is 2.70. The van der Waals surface area contributed by atoms with E-state index in [-0.39, 0.29) is 12.0 Å². The molecule has 4 heterocycles. The summed E-state index contributed by atoms with van der Waals surface area (Å²) in [4.78, 5) is 14.1. The van der Waals surface area contributed by atoms with Crippen LogP contribution in [-0.4, -0.2) is 70.2 Å². The number of para-hydroxylation sites is 2. The number of anilines is 2. The second-order valence-corrected chi connectivity index (χ2v) is 12.0. The lowest BCUT2D eigenvalue weighted by molar-refractivity contribution is 0.363. The summed E-state index contributed by atoms with van der Waals surface area (Å²) >= 11 is 0. The maximum absolute atomic E-state index is 13.7. The molecule has 0 aliphatic heterocycles. The SMILES string of the molecule is COc1ncc(F)c2nc(S(=O)(=O)Nc3c(F)cccc3F)nn12.COc1ncc(F)c2nc(S(=O)(=O)Nc3c(F)cccc3F)nn12. The first-order chi connectivity index (χ1) is 22.7. The van der Waals surface area contributed by atoms with E-state index < -0.39 is 87.9 Å². The molecule has 0 atom stereocenters. The lowest BCUT2D eigenvalue weighted by Gasteiger charge is -2.06. The third-order valence-electron chi connectivity index (χ3n) is 5.79. The van der Waals surface area contributed by atoms with E-state index in [1.54, 1.807) is 9.44 Å². The van der Waals surface area contributed by atoms with Gasteiger partial charge in [0, 0.05) is 0 Å². The van der Waals surface area contributed by atoms with Gasteiger partial charge in [-0.25, -0.2) is 36.3 Å². The van der Waals surface area contributed by atoms with Gasteiger partial charge in [0.15, 0.2) is 22.9 Å². The van der Waals surface area contributed by atoms with E-state index in [0.29, 0.717) is 9.03 Å². The molecule has 48 heavy (non-hydrogen) atoms. The quantitative estimate of drug-likeness (QED) is 0.219. The molecule has 6 rings (SSSR count). The molecule has 0 unspecified atom stereocenters. The standard InChI is InChI=1S/2C12H8F3N5O3S/c2*1-23-12-16-5-8(15)10-17-11(18-20(10)12)24(21,22)19-9-6(13)3-2-4-7(9)14/h2*2-5,19H,1H3. The third kappa shape index (κ3) is 6.41. The minimum atomic E-state index is -4.58. The number of nitrogens with one attached hydrogen (secondary N) is 2. The van der Waals surface area contributed by atoms with Gasteiger partial charge in [-0.15, -0.1) is 10.2 Å². The number of hydrogen-bond acceptors (Lipinski definition) is 12. The predicted molar refractivity (Wildman–Crippen MR) is 149 cm³/mol. The summed E-state index contributed by atoms with van der Waals surface area (Å²) in [6.45, 7) is 0. The van der Waals surface area contributed by atoms with Gasteiger partial charge in [0.25, 0.3) is 30.4 Å². The van der Waals surface area contributed by atoms with E-state index in [0.717, 1.165) is 48.8 Å². The minimum absolute atomic E-state index is 0.225. The second-order valence-electron chi connectivity index (χ2n) is 8.85. The van der Waals surface area contributed by atoms with Gasteiger partial charge in [0.2, 0.25) is 0 Å². The number of rotatable bonds is 8. The van der Waals surface area contributed by atoms with E-state index in [2.05, 4.69) is 30.1 Å². The summed E-state index contributed by atoms with van der Waals surface area (Å²) < 4.78 is 145. The van der Waals surface area contributed by atoms with Gasteiger partial charge in [0.05, 0.1) is 26.6 Å².